The van der Waals surface area contributed by atoms with Crippen molar-refractivity contribution in [3.63, 3.8) is 0 Å². The van der Waals surface area contributed by atoms with Crippen molar-refractivity contribution < 1.29 is 14.1 Å². The molecular formula is C23H24N2O3. The van der Waals surface area contributed by atoms with E-state index in [9.17, 15) is 4.79 Å². The van der Waals surface area contributed by atoms with Crippen molar-refractivity contribution in [2.45, 2.75) is 46.1 Å². The third-order valence-electron chi connectivity index (χ3n) is 5.30. The quantitative estimate of drug-likeness (QED) is 0.680. The van der Waals surface area contributed by atoms with E-state index in [1.54, 1.807) is 12.1 Å². The van der Waals surface area contributed by atoms with E-state index in [1.807, 2.05) is 38.1 Å². The summed E-state index contributed by atoms with van der Waals surface area (Å²) in [7, 11) is 0. The fourth-order valence-electron chi connectivity index (χ4n) is 3.68. The number of ether oxygens (including phenoxy) is 1. The molecule has 1 amide bonds. The minimum Gasteiger partial charge on any atom is -0.489 e. The van der Waals surface area contributed by atoms with Crippen LogP contribution < -0.4 is 10.1 Å². The summed E-state index contributed by atoms with van der Waals surface area (Å²) >= 11 is 0. The van der Waals surface area contributed by atoms with Crippen molar-refractivity contribution in [2.75, 3.05) is 5.32 Å². The van der Waals surface area contributed by atoms with Crippen LogP contribution >= 0.6 is 0 Å². The standard InChI is InChI=1S/C23H24N2O3/c1-15-21(16(2)28-25-15)14-27-19-10-5-9-18(13-19)23(26)24-22-12-6-8-17-7-3-4-11-20(17)22/h5-6,8-10,12-13H,3-4,7,11,14H2,1-2H3,(H,24,26). The van der Waals surface area contributed by atoms with Crippen LogP contribution in [0.15, 0.2) is 47.0 Å². The van der Waals surface area contributed by atoms with Crippen molar-refractivity contribution in [1.29, 1.82) is 0 Å². The molecule has 0 atom stereocenters. The number of nitrogens with one attached hydrogen (secondary N) is 1. The van der Waals surface area contributed by atoms with Crippen molar-refractivity contribution in [1.82, 2.24) is 5.16 Å². The average molecular weight is 376 g/mol. The molecule has 5 nitrogen and oxygen atoms in total. The second-order valence-electron chi connectivity index (χ2n) is 7.22. The molecule has 5 heteroatoms. The number of carbonyl (C=O) groups is 1. The van der Waals surface area contributed by atoms with Gasteiger partial charge in [-0.1, -0.05) is 23.4 Å². The molecule has 1 aliphatic carbocycles. The molecule has 2 aromatic carbocycles. The van der Waals surface area contributed by atoms with E-state index < -0.39 is 0 Å². The number of carbonyl (C=O) groups excluding carboxylic acids is 1. The SMILES string of the molecule is Cc1noc(C)c1COc1cccc(C(=O)Nc2cccc3c2CCCC3)c1. The number of nitrogens with zero attached hydrogens (tertiary/aromatic N) is 1. The predicted octanol–water partition coefficient (Wildman–Crippen LogP) is 5.00. The van der Waals surface area contributed by atoms with E-state index >= 15 is 0 Å². The number of anilines is 1. The second kappa shape index (κ2) is 7.89. The topological polar surface area (TPSA) is 64.4 Å². The Bertz CT molecular complexity index is 987. The number of fused-ring (bicyclic) bond motifs is 1. The Morgan fingerprint density at radius 3 is 2.79 bits per heavy atom. The molecule has 0 saturated carbocycles. The maximum atomic E-state index is 12.8. The molecule has 1 aliphatic rings. The second-order valence-corrected chi connectivity index (χ2v) is 7.22. The first-order chi connectivity index (χ1) is 13.6. The Hall–Kier alpha value is -3.08. The van der Waals surface area contributed by atoms with Gasteiger partial charge in [0, 0.05) is 11.3 Å². The van der Waals surface area contributed by atoms with Gasteiger partial charge in [0.2, 0.25) is 0 Å². The van der Waals surface area contributed by atoms with Gasteiger partial charge in [-0.2, -0.15) is 0 Å². The van der Waals surface area contributed by atoms with E-state index in [4.69, 9.17) is 9.26 Å². The fourth-order valence-corrected chi connectivity index (χ4v) is 3.68. The van der Waals surface area contributed by atoms with Gasteiger partial charge in [-0.15, -0.1) is 0 Å². The van der Waals surface area contributed by atoms with Gasteiger partial charge in [-0.05, 0) is 74.9 Å². The molecule has 3 aromatic rings. The summed E-state index contributed by atoms with van der Waals surface area (Å²) in [4.78, 5) is 12.8. The monoisotopic (exact) mass is 376 g/mol. The van der Waals surface area contributed by atoms with Gasteiger partial charge >= 0.3 is 0 Å². The summed E-state index contributed by atoms with van der Waals surface area (Å²) in [5.41, 5.74) is 5.87. The number of aromatic nitrogens is 1. The lowest BCUT2D eigenvalue weighted by molar-refractivity contribution is 0.102. The number of amides is 1. The fraction of sp³-hybridized carbons (Fsp3) is 0.304. The highest BCUT2D eigenvalue weighted by Crippen LogP contribution is 2.28. The largest absolute Gasteiger partial charge is 0.489 e. The first-order valence-corrected chi connectivity index (χ1v) is 9.68. The smallest absolute Gasteiger partial charge is 0.255 e. The van der Waals surface area contributed by atoms with E-state index in [0.717, 1.165) is 35.5 Å². The molecule has 144 valence electrons. The van der Waals surface area contributed by atoms with E-state index in [-0.39, 0.29) is 5.91 Å². The third-order valence-corrected chi connectivity index (χ3v) is 5.30. The van der Waals surface area contributed by atoms with Crippen LogP contribution in [0.5, 0.6) is 5.75 Å². The van der Waals surface area contributed by atoms with E-state index in [0.29, 0.717) is 17.9 Å². The molecular weight excluding hydrogens is 352 g/mol. The minimum atomic E-state index is -0.123. The first kappa shape index (κ1) is 18.3. The van der Waals surface area contributed by atoms with Gasteiger partial charge in [0.1, 0.15) is 18.1 Å². The Balaban J connectivity index is 1.48. The molecule has 1 N–H and O–H groups in total. The zero-order valence-corrected chi connectivity index (χ0v) is 16.2. The van der Waals surface area contributed by atoms with Crippen LogP contribution in [-0.4, -0.2) is 11.1 Å². The summed E-state index contributed by atoms with van der Waals surface area (Å²) in [5, 5.41) is 7.02. The van der Waals surface area contributed by atoms with Gasteiger partial charge in [0.05, 0.1) is 11.3 Å². The van der Waals surface area contributed by atoms with Gasteiger partial charge < -0.3 is 14.6 Å². The summed E-state index contributed by atoms with van der Waals surface area (Å²) in [6.07, 6.45) is 4.50. The van der Waals surface area contributed by atoms with Crippen LogP contribution in [0.2, 0.25) is 0 Å². The Kier molecular flexibility index (Phi) is 5.15. The molecule has 0 bridgehead atoms. The van der Waals surface area contributed by atoms with E-state index in [1.165, 1.54) is 24.0 Å². The number of benzene rings is 2. The molecule has 1 heterocycles. The predicted molar refractivity (Wildman–Crippen MR) is 108 cm³/mol. The van der Waals surface area contributed by atoms with Crippen LogP contribution in [0.25, 0.3) is 0 Å². The number of hydrogen-bond acceptors (Lipinski definition) is 4. The van der Waals surface area contributed by atoms with Crippen LogP contribution in [0, 0.1) is 13.8 Å². The maximum Gasteiger partial charge on any atom is 0.255 e. The average Bonchev–Trinajstić information content (AvgIpc) is 3.04. The Morgan fingerprint density at radius 2 is 1.96 bits per heavy atom. The van der Waals surface area contributed by atoms with Crippen molar-refractivity contribution in [3.05, 3.63) is 76.2 Å². The van der Waals surface area contributed by atoms with Gasteiger partial charge in [0.25, 0.3) is 5.91 Å². The maximum absolute atomic E-state index is 12.8. The number of aryl methyl sites for hydroxylation is 3. The van der Waals surface area contributed by atoms with Crippen LogP contribution in [-0.2, 0) is 19.4 Å². The summed E-state index contributed by atoms with van der Waals surface area (Å²) in [6, 6.07) is 13.4. The minimum absolute atomic E-state index is 0.123. The van der Waals surface area contributed by atoms with Crippen LogP contribution in [0.4, 0.5) is 5.69 Å². The van der Waals surface area contributed by atoms with Crippen LogP contribution in [0.3, 0.4) is 0 Å². The molecule has 28 heavy (non-hydrogen) atoms. The summed E-state index contributed by atoms with van der Waals surface area (Å²) < 4.78 is 11.0. The lowest BCUT2D eigenvalue weighted by Crippen LogP contribution is -2.15. The zero-order valence-electron chi connectivity index (χ0n) is 16.2. The molecule has 0 spiro atoms. The molecule has 0 unspecified atom stereocenters. The number of rotatable bonds is 5. The van der Waals surface area contributed by atoms with Gasteiger partial charge in [-0.3, -0.25) is 4.79 Å². The summed E-state index contributed by atoms with van der Waals surface area (Å²) in [6.45, 7) is 4.11. The third kappa shape index (κ3) is 3.79. The lowest BCUT2D eigenvalue weighted by Gasteiger charge is -2.19. The Morgan fingerprint density at radius 1 is 1.14 bits per heavy atom. The van der Waals surface area contributed by atoms with Crippen molar-refractivity contribution in [2.24, 2.45) is 0 Å². The molecule has 4 rings (SSSR count). The van der Waals surface area contributed by atoms with Crippen LogP contribution in [0.1, 0.15) is 51.3 Å². The highest BCUT2D eigenvalue weighted by Gasteiger charge is 2.16. The highest BCUT2D eigenvalue weighted by atomic mass is 16.5. The number of hydrogen-bond donors (Lipinski definition) is 1. The molecule has 1 aromatic heterocycles. The Labute approximate surface area is 164 Å². The first-order valence-electron chi connectivity index (χ1n) is 9.68. The van der Waals surface area contributed by atoms with E-state index in [2.05, 4.69) is 16.5 Å². The van der Waals surface area contributed by atoms with Crippen molar-refractivity contribution >= 4 is 11.6 Å². The normalized spacial score (nSPS) is 13.1. The molecule has 0 aliphatic heterocycles. The molecule has 0 saturated heterocycles. The van der Waals surface area contributed by atoms with Gasteiger partial charge in [0.15, 0.2) is 0 Å². The summed E-state index contributed by atoms with van der Waals surface area (Å²) in [5.74, 6) is 1.27. The molecule has 0 fully saturated rings. The van der Waals surface area contributed by atoms with Crippen molar-refractivity contribution in [3.8, 4) is 5.75 Å². The zero-order chi connectivity index (χ0) is 19.5. The van der Waals surface area contributed by atoms with Gasteiger partial charge in [-0.25, -0.2) is 0 Å². The highest BCUT2D eigenvalue weighted by molar-refractivity contribution is 6.05. The molecule has 0 radical (unpaired) electrons. The lowest BCUT2D eigenvalue weighted by atomic mass is 9.90.